The molecule has 1 amide bonds. The van der Waals surface area contributed by atoms with Crippen LogP contribution in [0.25, 0.3) is 23.1 Å². The summed E-state index contributed by atoms with van der Waals surface area (Å²) in [7, 11) is 0. The summed E-state index contributed by atoms with van der Waals surface area (Å²) < 4.78 is 0. The molecule has 0 unspecified atom stereocenters. The maximum atomic E-state index is 12.4. The maximum absolute atomic E-state index is 12.4. The van der Waals surface area contributed by atoms with E-state index in [1.165, 1.54) is 6.42 Å². The first-order chi connectivity index (χ1) is 14.0. The molecule has 0 bridgehead atoms. The van der Waals surface area contributed by atoms with Gasteiger partial charge in [-0.2, -0.15) is 0 Å². The molecule has 4 rings (SSSR count). The third kappa shape index (κ3) is 4.59. The van der Waals surface area contributed by atoms with E-state index in [-0.39, 0.29) is 11.5 Å². The van der Waals surface area contributed by atoms with Crippen LogP contribution in [-0.2, 0) is 6.54 Å². The number of benzene rings is 1. The number of aromatic nitrogens is 2. The van der Waals surface area contributed by atoms with Crippen molar-refractivity contribution in [2.45, 2.75) is 40.2 Å². The second-order valence-electron chi connectivity index (χ2n) is 7.12. The van der Waals surface area contributed by atoms with Gasteiger partial charge in [0.1, 0.15) is 10.8 Å². The summed E-state index contributed by atoms with van der Waals surface area (Å²) in [5, 5.41) is 0.498. The molecular formula is C23H27N3O2S. The van der Waals surface area contributed by atoms with E-state index < -0.39 is 0 Å². The third-order valence-corrected chi connectivity index (χ3v) is 5.55. The van der Waals surface area contributed by atoms with E-state index >= 15 is 0 Å². The van der Waals surface area contributed by atoms with Crippen LogP contribution in [0.5, 0.6) is 0 Å². The first-order valence-corrected chi connectivity index (χ1v) is 10.8. The Labute approximate surface area is 174 Å². The Bertz CT molecular complexity index is 1170. The van der Waals surface area contributed by atoms with Gasteiger partial charge in [0.25, 0.3) is 11.5 Å². The predicted octanol–water partition coefficient (Wildman–Crippen LogP) is 3.45. The first-order valence-electron chi connectivity index (χ1n) is 9.98. The lowest BCUT2D eigenvalue weighted by atomic mass is 10.1. The zero-order valence-corrected chi connectivity index (χ0v) is 18.0. The van der Waals surface area contributed by atoms with Crippen LogP contribution in [0.2, 0.25) is 0 Å². The van der Waals surface area contributed by atoms with Gasteiger partial charge in [0.15, 0.2) is 0 Å². The number of hydrogen-bond acceptors (Lipinski definition) is 3. The average Bonchev–Trinajstić information content (AvgIpc) is 3.35. The normalized spacial score (nSPS) is 13.4. The van der Waals surface area contributed by atoms with E-state index in [9.17, 15) is 9.59 Å². The van der Waals surface area contributed by atoms with Crippen LogP contribution < -0.4 is 16.4 Å². The van der Waals surface area contributed by atoms with Gasteiger partial charge in [-0.15, -0.1) is 11.3 Å². The third-order valence-electron chi connectivity index (χ3n) is 4.47. The number of nitrogens with zero attached hydrogens (tertiary/aromatic N) is 1. The Kier molecular flexibility index (Phi) is 6.54. The molecule has 0 atom stereocenters. The highest BCUT2D eigenvalue weighted by Gasteiger charge is 2.26. The highest BCUT2D eigenvalue weighted by atomic mass is 32.1. The number of rotatable bonds is 4. The van der Waals surface area contributed by atoms with Crippen molar-refractivity contribution < 1.29 is 4.79 Å². The fourth-order valence-corrected chi connectivity index (χ4v) is 4.22. The smallest absolute Gasteiger partial charge is 0.273 e. The Morgan fingerprint density at radius 3 is 2.55 bits per heavy atom. The number of carbonyl (C=O) groups is 1. The number of thiophene rings is 1. The molecule has 0 saturated carbocycles. The number of aromatic amines is 2. The van der Waals surface area contributed by atoms with Crippen LogP contribution in [0.15, 0.2) is 35.1 Å². The fourth-order valence-electron chi connectivity index (χ4n) is 3.27. The van der Waals surface area contributed by atoms with Crippen molar-refractivity contribution >= 4 is 29.9 Å². The summed E-state index contributed by atoms with van der Waals surface area (Å²) in [6, 6.07) is 10.1. The monoisotopic (exact) mass is 409 g/mol. The maximum Gasteiger partial charge on any atom is 0.273 e. The summed E-state index contributed by atoms with van der Waals surface area (Å²) in [5.41, 5.74) is 3.32. The molecular weight excluding hydrogens is 382 g/mol. The van der Waals surface area contributed by atoms with Gasteiger partial charge in [-0.1, -0.05) is 39.8 Å². The van der Waals surface area contributed by atoms with Crippen molar-refractivity contribution in [2.24, 2.45) is 0 Å². The van der Waals surface area contributed by atoms with Crippen molar-refractivity contribution in [3.63, 3.8) is 0 Å². The lowest BCUT2D eigenvalue weighted by molar-refractivity contribution is 0.0778. The average molecular weight is 410 g/mol. The summed E-state index contributed by atoms with van der Waals surface area (Å²) in [6.07, 6.45) is 4.03. The molecule has 0 radical (unpaired) electrons. The number of fused-ring (bicyclic) bond motifs is 1. The van der Waals surface area contributed by atoms with Gasteiger partial charge in [0.2, 0.25) is 0 Å². The molecule has 1 aliphatic heterocycles. The Balaban J connectivity index is 0.000000755. The number of nitrogens with one attached hydrogen (secondary N) is 2. The van der Waals surface area contributed by atoms with Crippen LogP contribution in [-0.4, -0.2) is 27.3 Å². The highest BCUT2D eigenvalue weighted by molar-refractivity contribution is 7.16. The number of hydrogen-bond donors (Lipinski definition) is 2. The summed E-state index contributed by atoms with van der Waals surface area (Å²) in [4.78, 5) is 33.7. The summed E-state index contributed by atoms with van der Waals surface area (Å²) in [5.74, 6) is 0.128. The molecule has 6 heteroatoms. The molecule has 0 fully saturated rings. The fraction of sp³-hybridized carbons (Fsp3) is 0.304. The molecule has 2 N–H and O–H groups in total. The molecule has 3 heterocycles. The lowest BCUT2D eigenvalue weighted by Crippen LogP contribution is -2.24. The minimum atomic E-state index is -0.169. The second kappa shape index (κ2) is 9.09. The van der Waals surface area contributed by atoms with E-state index in [0.717, 1.165) is 39.4 Å². The zero-order valence-electron chi connectivity index (χ0n) is 17.2. The van der Waals surface area contributed by atoms with E-state index in [0.29, 0.717) is 17.4 Å². The standard InChI is InChI=1S/C20H19N3O2S.C3H8/c1-3-8-23-11-14-9-13(4-6-16(14)20(23)25)18-7-5-15(26-18)10-17-19(24)22-12(2)21-17;1-3-2/h4-7,9-10,21H,2-3,8,11H2,1H3,(H,22,24);3H2,1-2H3/b17-10+;. The van der Waals surface area contributed by atoms with Crippen LogP contribution >= 0.6 is 11.3 Å². The van der Waals surface area contributed by atoms with Gasteiger partial charge >= 0.3 is 0 Å². The van der Waals surface area contributed by atoms with Gasteiger partial charge in [0.05, 0.1) is 0 Å². The van der Waals surface area contributed by atoms with Crippen molar-refractivity contribution in [3.05, 3.63) is 67.5 Å². The topological polar surface area (TPSA) is 69.0 Å². The molecule has 0 saturated heterocycles. The Hall–Kier alpha value is -2.86. The molecule has 1 aromatic carbocycles. The van der Waals surface area contributed by atoms with Gasteiger partial charge in [-0.05, 0) is 47.9 Å². The van der Waals surface area contributed by atoms with Gasteiger partial charge in [-0.3, -0.25) is 9.59 Å². The lowest BCUT2D eigenvalue weighted by Gasteiger charge is -2.13. The minimum Gasteiger partial charge on any atom is -0.338 e. The molecule has 3 aromatic rings. The number of carbonyl (C=O) groups excluding carboxylic acids is 1. The molecule has 0 spiro atoms. The zero-order chi connectivity index (χ0) is 21.0. The Morgan fingerprint density at radius 2 is 1.90 bits per heavy atom. The Morgan fingerprint density at radius 1 is 1.14 bits per heavy atom. The largest absolute Gasteiger partial charge is 0.338 e. The summed E-state index contributed by atoms with van der Waals surface area (Å²) >= 11 is 1.61. The molecule has 2 aromatic heterocycles. The van der Waals surface area contributed by atoms with Crippen LogP contribution in [0.4, 0.5) is 0 Å². The predicted molar refractivity (Wildman–Crippen MR) is 121 cm³/mol. The molecule has 0 aliphatic carbocycles. The van der Waals surface area contributed by atoms with E-state index in [1.807, 2.05) is 35.2 Å². The quantitative estimate of drug-likeness (QED) is 0.693. The second-order valence-corrected chi connectivity index (χ2v) is 8.24. The van der Waals surface area contributed by atoms with E-state index in [2.05, 4.69) is 43.4 Å². The molecule has 1 aliphatic rings. The van der Waals surface area contributed by atoms with Gasteiger partial charge in [-0.25, -0.2) is 0 Å². The minimum absolute atomic E-state index is 0.128. The molecule has 5 nitrogen and oxygen atoms in total. The van der Waals surface area contributed by atoms with E-state index in [1.54, 1.807) is 11.3 Å². The van der Waals surface area contributed by atoms with Crippen LogP contribution in [0.1, 0.15) is 54.4 Å². The van der Waals surface area contributed by atoms with Crippen LogP contribution in [0, 0.1) is 0 Å². The van der Waals surface area contributed by atoms with Crippen LogP contribution in [0.3, 0.4) is 0 Å². The van der Waals surface area contributed by atoms with Crippen molar-refractivity contribution in [3.8, 4) is 10.4 Å². The van der Waals surface area contributed by atoms with Crippen molar-refractivity contribution in [1.82, 2.24) is 14.9 Å². The van der Waals surface area contributed by atoms with Gasteiger partial charge in [0, 0.05) is 28.4 Å². The number of imidazole rings is 1. The van der Waals surface area contributed by atoms with Crippen molar-refractivity contribution in [2.75, 3.05) is 6.54 Å². The SMILES string of the molecule is C=c1[nH]c(=O)/c(=C\c2ccc(-c3ccc4c(c3)CN(CCC)C4=O)s2)[nH]1.CCC. The summed E-state index contributed by atoms with van der Waals surface area (Å²) in [6.45, 7) is 11.5. The first kappa shape index (κ1) is 20.9. The van der Waals surface area contributed by atoms with E-state index in [4.69, 9.17) is 0 Å². The highest BCUT2D eigenvalue weighted by Crippen LogP contribution is 2.32. The number of H-pyrrole nitrogens is 2. The number of amides is 1. The van der Waals surface area contributed by atoms with Gasteiger partial charge < -0.3 is 14.9 Å². The van der Waals surface area contributed by atoms with Crippen molar-refractivity contribution in [1.29, 1.82) is 0 Å². The molecule has 152 valence electrons. The molecule has 29 heavy (non-hydrogen) atoms.